The topological polar surface area (TPSA) is 17.1 Å². The molecule has 0 amide bonds. The van der Waals surface area contributed by atoms with Gasteiger partial charge in [0.1, 0.15) is 11.6 Å². The van der Waals surface area contributed by atoms with Crippen molar-refractivity contribution in [3.8, 4) is 0 Å². The number of rotatable bonds is 3. The summed E-state index contributed by atoms with van der Waals surface area (Å²) in [5.74, 6) is -1.48. The Balaban J connectivity index is 2.77. The fourth-order valence-corrected chi connectivity index (χ4v) is 1.79. The molecule has 0 atom stereocenters. The number of hydrogen-bond acceptors (Lipinski definition) is 2. The predicted molar refractivity (Wildman–Crippen MR) is 62.9 cm³/mol. The van der Waals surface area contributed by atoms with Crippen molar-refractivity contribution in [3.63, 3.8) is 0 Å². The van der Waals surface area contributed by atoms with Crippen LogP contribution in [0.5, 0.6) is 0 Å². The second-order valence-corrected chi connectivity index (χ2v) is 6.25. The summed E-state index contributed by atoms with van der Waals surface area (Å²) in [5.41, 5.74) is -0.170. The monoisotopic (exact) mass is 244 g/mol. The maximum absolute atomic E-state index is 13.2. The van der Waals surface area contributed by atoms with E-state index in [0.29, 0.717) is 0 Å². The zero-order valence-corrected chi connectivity index (χ0v) is 10.3. The summed E-state index contributed by atoms with van der Waals surface area (Å²) in [6, 6.07) is 2.92. The van der Waals surface area contributed by atoms with Crippen LogP contribution in [0.2, 0.25) is 0 Å². The van der Waals surface area contributed by atoms with Gasteiger partial charge in [-0.25, -0.2) is 8.78 Å². The van der Waals surface area contributed by atoms with Gasteiger partial charge in [0.15, 0.2) is 5.78 Å². The van der Waals surface area contributed by atoms with Crippen molar-refractivity contribution in [1.29, 1.82) is 0 Å². The molecule has 0 spiro atoms. The van der Waals surface area contributed by atoms with Crippen LogP contribution >= 0.6 is 11.8 Å². The van der Waals surface area contributed by atoms with Gasteiger partial charge < -0.3 is 0 Å². The number of halogens is 2. The van der Waals surface area contributed by atoms with Crippen LogP contribution in [0, 0.1) is 11.6 Å². The third-order valence-corrected chi connectivity index (χ3v) is 3.14. The summed E-state index contributed by atoms with van der Waals surface area (Å²) in [5, 5.41) is 0. The molecule has 1 aromatic rings. The van der Waals surface area contributed by atoms with Crippen LogP contribution in [-0.4, -0.2) is 16.3 Å². The van der Waals surface area contributed by atoms with Gasteiger partial charge in [-0.15, -0.1) is 11.8 Å². The minimum Gasteiger partial charge on any atom is -0.293 e. The zero-order chi connectivity index (χ0) is 12.3. The van der Waals surface area contributed by atoms with Crippen molar-refractivity contribution in [1.82, 2.24) is 0 Å². The zero-order valence-electron chi connectivity index (χ0n) is 9.51. The third kappa shape index (κ3) is 3.93. The van der Waals surface area contributed by atoms with Crippen LogP contribution in [0.25, 0.3) is 0 Å². The molecule has 1 nitrogen and oxygen atoms in total. The maximum atomic E-state index is 13.2. The summed E-state index contributed by atoms with van der Waals surface area (Å²) in [6.07, 6.45) is 0. The minimum absolute atomic E-state index is 0.0700. The maximum Gasteiger partial charge on any atom is 0.175 e. The molecule has 0 saturated heterocycles. The Labute approximate surface area is 98.2 Å². The van der Waals surface area contributed by atoms with E-state index in [4.69, 9.17) is 0 Å². The first-order valence-corrected chi connectivity index (χ1v) is 5.90. The van der Waals surface area contributed by atoms with Crippen molar-refractivity contribution in [3.05, 3.63) is 35.4 Å². The first kappa shape index (κ1) is 13.2. The van der Waals surface area contributed by atoms with Crippen molar-refractivity contribution >= 4 is 17.5 Å². The van der Waals surface area contributed by atoms with E-state index in [9.17, 15) is 13.6 Å². The van der Waals surface area contributed by atoms with Crippen molar-refractivity contribution < 1.29 is 13.6 Å². The highest BCUT2D eigenvalue weighted by Crippen LogP contribution is 2.24. The Morgan fingerprint density at radius 1 is 1.31 bits per heavy atom. The van der Waals surface area contributed by atoms with Gasteiger partial charge in [0.05, 0.1) is 11.3 Å². The van der Waals surface area contributed by atoms with Gasteiger partial charge in [-0.2, -0.15) is 0 Å². The lowest BCUT2D eigenvalue weighted by Crippen LogP contribution is -2.14. The molecule has 0 aromatic heterocycles. The molecular formula is C12H14F2OS. The smallest absolute Gasteiger partial charge is 0.175 e. The average Bonchev–Trinajstić information content (AvgIpc) is 2.17. The van der Waals surface area contributed by atoms with Gasteiger partial charge >= 0.3 is 0 Å². The lowest BCUT2D eigenvalue weighted by molar-refractivity contribution is 0.101. The van der Waals surface area contributed by atoms with Gasteiger partial charge in [0.25, 0.3) is 0 Å². The highest BCUT2D eigenvalue weighted by Gasteiger charge is 2.17. The number of benzene rings is 1. The molecule has 16 heavy (non-hydrogen) atoms. The van der Waals surface area contributed by atoms with Crippen LogP contribution in [0.15, 0.2) is 18.2 Å². The van der Waals surface area contributed by atoms with Crippen molar-refractivity contribution in [2.24, 2.45) is 0 Å². The molecule has 88 valence electrons. The first-order chi connectivity index (χ1) is 7.29. The van der Waals surface area contributed by atoms with E-state index in [1.807, 2.05) is 20.8 Å². The second kappa shape index (κ2) is 4.95. The van der Waals surface area contributed by atoms with Gasteiger partial charge in [-0.1, -0.05) is 20.8 Å². The van der Waals surface area contributed by atoms with Gasteiger partial charge in [0.2, 0.25) is 0 Å². The van der Waals surface area contributed by atoms with E-state index in [1.165, 1.54) is 11.8 Å². The number of hydrogen-bond donors (Lipinski definition) is 0. The molecule has 0 saturated carbocycles. The van der Waals surface area contributed by atoms with Crippen LogP contribution in [-0.2, 0) is 0 Å². The molecule has 0 aliphatic carbocycles. The van der Waals surface area contributed by atoms with Gasteiger partial charge in [-0.05, 0) is 18.2 Å². The van der Waals surface area contributed by atoms with E-state index in [2.05, 4.69) is 0 Å². The lowest BCUT2D eigenvalue weighted by atomic mass is 10.1. The number of thioether (sulfide) groups is 1. The molecule has 0 unspecified atom stereocenters. The largest absolute Gasteiger partial charge is 0.293 e. The van der Waals surface area contributed by atoms with Crippen molar-refractivity contribution in [2.45, 2.75) is 25.5 Å². The number of Topliss-reactive ketones (excluding diaryl/α,β-unsaturated/α-hetero) is 1. The van der Waals surface area contributed by atoms with E-state index < -0.39 is 11.6 Å². The molecule has 0 aliphatic rings. The van der Waals surface area contributed by atoms with Crippen LogP contribution < -0.4 is 0 Å². The van der Waals surface area contributed by atoms with Gasteiger partial charge in [-0.3, -0.25) is 4.79 Å². The Bertz CT molecular complexity index is 396. The second-order valence-electron chi connectivity index (χ2n) is 4.45. The van der Waals surface area contributed by atoms with E-state index in [0.717, 1.165) is 18.2 Å². The number of ketones is 1. The van der Waals surface area contributed by atoms with E-state index in [-0.39, 0.29) is 21.8 Å². The fraction of sp³-hybridized carbons (Fsp3) is 0.417. The van der Waals surface area contributed by atoms with E-state index in [1.54, 1.807) is 0 Å². The Morgan fingerprint density at radius 3 is 2.50 bits per heavy atom. The lowest BCUT2D eigenvalue weighted by Gasteiger charge is -2.16. The molecule has 0 bridgehead atoms. The summed E-state index contributed by atoms with van der Waals surface area (Å²) < 4.78 is 26.0. The minimum atomic E-state index is -0.666. The highest BCUT2D eigenvalue weighted by molar-refractivity contribution is 8.01. The summed E-state index contributed by atoms with van der Waals surface area (Å²) in [7, 11) is 0. The summed E-state index contributed by atoms with van der Waals surface area (Å²) in [6.45, 7) is 5.90. The predicted octanol–water partition coefficient (Wildman–Crippen LogP) is 3.68. The molecule has 1 rings (SSSR count). The van der Waals surface area contributed by atoms with Gasteiger partial charge in [0, 0.05) is 4.75 Å². The highest BCUT2D eigenvalue weighted by atomic mass is 32.2. The molecule has 0 N–H and O–H groups in total. The SMILES string of the molecule is CC(C)(C)SCC(=O)c1cc(F)ccc1F. The first-order valence-electron chi connectivity index (χ1n) is 4.92. The molecule has 0 radical (unpaired) electrons. The molecule has 4 heteroatoms. The van der Waals surface area contributed by atoms with Crippen LogP contribution in [0.1, 0.15) is 31.1 Å². The van der Waals surface area contributed by atoms with Crippen LogP contribution in [0.3, 0.4) is 0 Å². The molecular weight excluding hydrogens is 230 g/mol. The molecule has 0 heterocycles. The van der Waals surface area contributed by atoms with E-state index >= 15 is 0 Å². The summed E-state index contributed by atoms with van der Waals surface area (Å²) in [4.78, 5) is 11.6. The van der Waals surface area contributed by atoms with Crippen LogP contribution in [0.4, 0.5) is 8.78 Å². The Hall–Kier alpha value is -0.900. The molecule has 0 aliphatic heterocycles. The summed E-state index contributed by atoms with van der Waals surface area (Å²) >= 11 is 1.41. The fourth-order valence-electron chi connectivity index (χ4n) is 1.07. The quantitative estimate of drug-likeness (QED) is 0.754. The molecule has 1 aromatic carbocycles. The standard InChI is InChI=1S/C12H14F2OS/c1-12(2,3)16-7-11(15)9-6-8(13)4-5-10(9)14/h4-6H,7H2,1-3H3. The molecule has 0 fully saturated rings. The Kier molecular flexibility index (Phi) is 4.08. The third-order valence-electron chi connectivity index (χ3n) is 1.87. The Morgan fingerprint density at radius 2 is 1.94 bits per heavy atom. The number of carbonyl (C=O) groups is 1. The normalized spacial score (nSPS) is 11.6. The number of carbonyl (C=O) groups excluding carboxylic acids is 1. The average molecular weight is 244 g/mol. The van der Waals surface area contributed by atoms with Crippen molar-refractivity contribution in [2.75, 3.05) is 5.75 Å².